The summed E-state index contributed by atoms with van der Waals surface area (Å²) in [6.45, 7) is 5.20. The summed E-state index contributed by atoms with van der Waals surface area (Å²) < 4.78 is 25.8. The van der Waals surface area contributed by atoms with Crippen LogP contribution in [-0.4, -0.2) is 5.92 Å². The Balaban J connectivity index is 4.08. The van der Waals surface area contributed by atoms with Crippen molar-refractivity contribution in [3.63, 3.8) is 0 Å². The van der Waals surface area contributed by atoms with Gasteiger partial charge < -0.3 is 0 Å². The molecule has 0 aliphatic heterocycles. The molecule has 0 radical (unpaired) electrons. The number of alkyl halides is 2. The highest BCUT2D eigenvalue weighted by Gasteiger charge is 2.31. The summed E-state index contributed by atoms with van der Waals surface area (Å²) in [4.78, 5) is 0. The fourth-order valence-corrected chi connectivity index (χ4v) is 0.711. The molecule has 0 spiro atoms. The van der Waals surface area contributed by atoms with Crippen molar-refractivity contribution in [2.45, 2.75) is 39.5 Å². The van der Waals surface area contributed by atoms with Crippen LogP contribution in [0.3, 0.4) is 0 Å². The molecule has 0 aromatic heterocycles. The van der Waals surface area contributed by atoms with Gasteiger partial charge in [0.05, 0.1) is 0 Å². The predicted molar refractivity (Wildman–Crippen MR) is 43.8 cm³/mol. The van der Waals surface area contributed by atoms with Crippen molar-refractivity contribution in [3.05, 3.63) is 12.2 Å². The normalized spacial score (nSPS) is 15.7. The highest BCUT2D eigenvalue weighted by Crippen LogP contribution is 2.28. The third kappa shape index (κ3) is 3.49. The fraction of sp³-hybridized carbons (Fsp3) is 0.778. The Labute approximate surface area is 67.3 Å². The molecule has 0 bridgehead atoms. The molecule has 0 heterocycles. The highest BCUT2D eigenvalue weighted by molar-refractivity contribution is 4.96. The summed E-state index contributed by atoms with van der Waals surface area (Å²) in [5.41, 5.74) is 0. The van der Waals surface area contributed by atoms with Crippen LogP contribution in [0.5, 0.6) is 0 Å². The Morgan fingerprint density at radius 3 is 2.27 bits per heavy atom. The topological polar surface area (TPSA) is 0 Å². The maximum Gasteiger partial charge on any atom is 0.268 e. The van der Waals surface area contributed by atoms with Crippen LogP contribution in [0.1, 0.15) is 33.6 Å². The van der Waals surface area contributed by atoms with E-state index >= 15 is 0 Å². The minimum atomic E-state index is -2.62. The average molecular weight is 162 g/mol. The van der Waals surface area contributed by atoms with Crippen molar-refractivity contribution in [1.29, 1.82) is 0 Å². The predicted octanol–water partition coefficient (Wildman–Crippen LogP) is 3.63. The lowest BCUT2D eigenvalue weighted by atomic mass is 10.0. The molecular formula is C9H16F2. The van der Waals surface area contributed by atoms with E-state index in [1.807, 2.05) is 6.92 Å². The van der Waals surface area contributed by atoms with Crippen LogP contribution in [0, 0.1) is 5.92 Å². The van der Waals surface area contributed by atoms with Crippen LogP contribution in [0.2, 0.25) is 0 Å². The molecule has 0 saturated heterocycles. The summed E-state index contributed by atoms with van der Waals surface area (Å²) in [7, 11) is 0. The molecule has 0 N–H and O–H groups in total. The summed E-state index contributed by atoms with van der Waals surface area (Å²) in [6.07, 6.45) is 3.72. The van der Waals surface area contributed by atoms with Gasteiger partial charge in [-0.1, -0.05) is 26.8 Å². The molecule has 66 valence electrons. The van der Waals surface area contributed by atoms with E-state index in [-0.39, 0.29) is 0 Å². The van der Waals surface area contributed by atoms with Crippen molar-refractivity contribution < 1.29 is 8.78 Å². The van der Waals surface area contributed by atoms with Gasteiger partial charge in [0.1, 0.15) is 0 Å². The molecular weight excluding hydrogens is 146 g/mol. The molecule has 11 heavy (non-hydrogen) atoms. The van der Waals surface area contributed by atoms with Crippen molar-refractivity contribution in [1.82, 2.24) is 0 Å². The maximum atomic E-state index is 12.9. The average Bonchev–Trinajstić information content (AvgIpc) is 1.99. The largest absolute Gasteiger partial charge is 0.268 e. The third-order valence-electron chi connectivity index (χ3n) is 1.85. The van der Waals surface area contributed by atoms with Gasteiger partial charge in [-0.3, -0.25) is 0 Å². The zero-order valence-electron chi connectivity index (χ0n) is 7.40. The summed E-state index contributed by atoms with van der Waals surface area (Å²) >= 11 is 0. The fourth-order valence-electron chi connectivity index (χ4n) is 0.711. The van der Waals surface area contributed by atoms with Gasteiger partial charge in [-0.05, 0) is 18.9 Å². The summed E-state index contributed by atoms with van der Waals surface area (Å²) in [5.74, 6) is -3.17. The lowest BCUT2D eigenvalue weighted by Gasteiger charge is -2.18. The van der Waals surface area contributed by atoms with E-state index in [0.29, 0.717) is 12.8 Å². The molecule has 0 aromatic carbocycles. The molecule has 0 aliphatic carbocycles. The first kappa shape index (κ1) is 10.6. The standard InChI is InChI=1S/C9H16F2/c1-4-6-7-9(10,11)8(3)5-2/h6-8H,4-5H2,1-3H3/b7-6-. The van der Waals surface area contributed by atoms with Gasteiger partial charge in [0.15, 0.2) is 0 Å². The van der Waals surface area contributed by atoms with Crippen molar-refractivity contribution >= 4 is 0 Å². The number of halogens is 2. The zero-order chi connectivity index (χ0) is 8.91. The number of rotatable bonds is 4. The molecule has 1 unspecified atom stereocenters. The van der Waals surface area contributed by atoms with Gasteiger partial charge in [-0.15, -0.1) is 0 Å². The summed E-state index contributed by atoms with van der Waals surface area (Å²) in [5, 5.41) is 0. The second-order valence-corrected chi connectivity index (χ2v) is 2.79. The van der Waals surface area contributed by atoms with Crippen LogP contribution >= 0.6 is 0 Å². The Morgan fingerprint density at radius 1 is 1.36 bits per heavy atom. The van der Waals surface area contributed by atoms with E-state index < -0.39 is 11.8 Å². The van der Waals surface area contributed by atoms with Gasteiger partial charge in [-0.2, -0.15) is 0 Å². The molecule has 0 aromatic rings. The number of allylic oxidation sites excluding steroid dienone is 2. The monoisotopic (exact) mass is 162 g/mol. The summed E-state index contributed by atoms with van der Waals surface area (Å²) in [6, 6.07) is 0. The first-order chi connectivity index (χ1) is 5.04. The van der Waals surface area contributed by atoms with Crippen LogP contribution < -0.4 is 0 Å². The Bertz CT molecular complexity index is 128. The van der Waals surface area contributed by atoms with Crippen LogP contribution in [0.15, 0.2) is 12.2 Å². The molecule has 0 amide bonds. The minimum Gasteiger partial charge on any atom is -0.202 e. The second kappa shape index (κ2) is 4.47. The Hall–Kier alpha value is -0.400. The highest BCUT2D eigenvalue weighted by atomic mass is 19.3. The lowest BCUT2D eigenvalue weighted by molar-refractivity contribution is -0.00301. The van der Waals surface area contributed by atoms with E-state index in [1.54, 1.807) is 13.8 Å². The van der Waals surface area contributed by atoms with Crippen molar-refractivity contribution in [2.24, 2.45) is 5.92 Å². The van der Waals surface area contributed by atoms with E-state index in [9.17, 15) is 8.78 Å². The van der Waals surface area contributed by atoms with Gasteiger partial charge in [0, 0.05) is 5.92 Å². The van der Waals surface area contributed by atoms with Crippen LogP contribution in [0.4, 0.5) is 8.78 Å². The van der Waals surface area contributed by atoms with Crippen LogP contribution in [0.25, 0.3) is 0 Å². The number of hydrogen-bond acceptors (Lipinski definition) is 0. The van der Waals surface area contributed by atoms with E-state index in [0.717, 1.165) is 6.08 Å². The molecule has 0 nitrogen and oxygen atoms in total. The van der Waals surface area contributed by atoms with E-state index in [1.165, 1.54) is 6.08 Å². The first-order valence-corrected chi connectivity index (χ1v) is 4.10. The lowest BCUT2D eigenvalue weighted by Crippen LogP contribution is -2.22. The van der Waals surface area contributed by atoms with Crippen LogP contribution in [-0.2, 0) is 0 Å². The third-order valence-corrected chi connectivity index (χ3v) is 1.85. The van der Waals surface area contributed by atoms with Gasteiger partial charge in [-0.25, -0.2) is 8.78 Å². The zero-order valence-corrected chi connectivity index (χ0v) is 7.40. The van der Waals surface area contributed by atoms with Crippen molar-refractivity contribution in [2.75, 3.05) is 0 Å². The minimum absolute atomic E-state index is 0.515. The molecule has 1 atom stereocenters. The Kier molecular flexibility index (Phi) is 4.31. The molecule has 0 fully saturated rings. The Morgan fingerprint density at radius 2 is 1.91 bits per heavy atom. The smallest absolute Gasteiger partial charge is 0.202 e. The number of hydrogen-bond donors (Lipinski definition) is 0. The molecule has 0 rings (SSSR count). The van der Waals surface area contributed by atoms with Gasteiger partial charge >= 0.3 is 0 Å². The second-order valence-electron chi connectivity index (χ2n) is 2.79. The molecule has 2 heteroatoms. The van der Waals surface area contributed by atoms with E-state index in [4.69, 9.17) is 0 Å². The quantitative estimate of drug-likeness (QED) is 0.554. The molecule has 0 aliphatic rings. The van der Waals surface area contributed by atoms with E-state index in [2.05, 4.69) is 0 Å². The van der Waals surface area contributed by atoms with Crippen molar-refractivity contribution in [3.8, 4) is 0 Å². The molecule has 0 saturated carbocycles. The first-order valence-electron chi connectivity index (χ1n) is 4.10. The maximum absolute atomic E-state index is 12.9. The van der Waals surface area contributed by atoms with Gasteiger partial charge in [0.25, 0.3) is 5.92 Å². The SMILES string of the molecule is CC/C=C\C(F)(F)C(C)CC. The van der Waals surface area contributed by atoms with Gasteiger partial charge in [0.2, 0.25) is 0 Å².